The van der Waals surface area contributed by atoms with Gasteiger partial charge in [-0.25, -0.2) is 0 Å². The first-order chi connectivity index (χ1) is 8.04. The van der Waals surface area contributed by atoms with E-state index < -0.39 is 0 Å². The summed E-state index contributed by atoms with van der Waals surface area (Å²) in [5.41, 5.74) is 6.09. The molecule has 0 spiro atoms. The molecular formula is C12H17BrN2O2. The predicted octanol–water partition coefficient (Wildman–Crippen LogP) is 2.54. The van der Waals surface area contributed by atoms with Crippen LogP contribution in [0.25, 0.3) is 0 Å². The number of amidine groups is 1. The van der Waals surface area contributed by atoms with E-state index in [0.29, 0.717) is 18.8 Å². The van der Waals surface area contributed by atoms with Crippen molar-refractivity contribution in [3.63, 3.8) is 0 Å². The molecule has 0 saturated heterocycles. The van der Waals surface area contributed by atoms with Gasteiger partial charge in [0.2, 0.25) is 0 Å². The average molecular weight is 301 g/mol. The van der Waals surface area contributed by atoms with Crippen LogP contribution in [0.15, 0.2) is 22.7 Å². The standard InChI is InChI=1S/C12H17BrN2O2/c1-3-16-7-8(2)17-9-4-5-10(12(14)15)11(13)6-9/h4-6,8H,3,7H2,1-2H3,(H3,14,15). The highest BCUT2D eigenvalue weighted by Crippen LogP contribution is 2.23. The Hall–Kier alpha value is -1.07. The molecule has 0 saturated carbocycles. The molecule has 0 aliphatic carbocycles. The summed E-state index contributed by atoms with van der Waals surface area (Å²) in [6.07, 6.45) is -0.00923. The molecule has 5 heteroatoms. The number of hydrogen-bond acceptors (Lipinski definition) is 3. The van der Waals surface area contributed by atoms with Gasteiger partial charge in [0.15, 0.2) is 0 Å². The van der Waals surface area contributed by atoms with Gasteiger partial charge in [-0.3, -0.25) is 5.41 Å². The van der Waals surface area contributed by atoms with Gasteiger partial charge in [0, 0.05) is 16.6 Å². The topological polar surface area (TPSA) is 68.3 Å². The Morgan fingerprint density at radius 1 is 1.53 bits per heavy atom. The molecule has 1 aromatic carbocycles. The molecular weight excluding hydrogens is 284 g/mol. The van der Waals surface area contributed by atoms with E-state index in [9.17, 15) is 0 Å². The summed E-state index contributed by atoms with van der Waals surface area (Å²) in [4.78, 5) is 0. The quantitative estimate of drug-likeness (QED) is 0.626. The second-order valence-electron chi connectivity index (χ2n) is 3.64. The van der Waals surface area contributed by atoms with E-state index in [1.165, 1.54) is 0 Å². The fourth-order valence-corrected chi connectivity index (χ4v) is 1.91. The van der Waals surface area contributed by atoms with Gasteiger partial charge in [0.1, 0.15) is 17.7 Å². The first kappa shape index (κ1) is 14.0. The van der Waals surface area contributed by atoms with Crippen molar-refractivity contribution >= 4 is 21.8 Å². The summed E-state index contributed by atoms with van der Waals surface area (Å²) in [6, 6.07) is 5.36. The van der Waals surface area contributed by atoms with Gasteiger partial charge >= 0.3 is 0 Å². The second kappa shape index (κ2) is 6.61. The Balaban J connectivity index is 2.67. The van der Waals surface area contributed by atoms with Crippen LogP contribution in [0.4, 0.5) is 0 Å². The molecule has 4 nitrogen and oxygen atoms in total. The summed E-state index contributed by atoms with van der Waals surface area (Å²) in [5, 5.41) is 7.37. The number of hydrogen-bond donors (Lipinski definition) is 2. The maximum absolute atomic E-state index is 7.37. The summed E-state index contributed by atoms with van der Waals surface area (Å²) in [7, 11) is 0. The van der Waals surface area contributed by atoms with E-state index in [0.717, 1.165) is 10.2 Å². The average Bonchev–Trinajstić information content (AvgIpc) is 2.26. The Kier molecular flexibility index (Phi) is 5.44. The van der Waals surface area contributed by atoms with Crippen molar-refractivity contribution in [2.24, 2.45) is 5.73 Å². The number of nitrogen functional groups attached to an aromatic ring is 1. The molecule has 1 aromatic rings. The summed E-state index contributed by atoms with van der Waals surface area (Å²) in [6.45, 7) is 5.14. The van der Waals surface area contributed by atoms with Crippen LogP contribution >= 0.6 is 15.9 Å². The van der Waals surface area contributed by atoms with Crippen LogP contribution in [0.1, 0.15) is 19.4 Å². The molecule has 3 N–H and O–H groups in total. The first-order valence-electron chi connectivity index (χ1n) is 5.43. The van der Waals surface area contributed by atoms with Crippen molar-refractivity contribution in [2.45, 2.75) is 20.0 Å². The number of halogens is 1. The molecule has 1 atom stereocenters. The van der Waals surface area contributed by atoms with Gasteiger partial charge in [-0.05, 0) is 48.0 Å². The normalized spacial score (nSPS) is 12.2. The fraction of sp³-hybridized carbons (Fsp3) is 0.417. The van der Waals surface area contributed by atoms with E-state index in [4.69, 9.17) is 20.6 Å². The number of nitrogens with one attached hydrogen (secondary N) is 1. The van der Waals surface area contributed by atoms with Crippen molar-refractivity contribution in [1.29, 1.82) is 5.41 Å². The molecule has 0 aromatic heterocycles. The number of ether oxygens (including phenoxy) is 2. The van der Waals surface area contributed by atoms with Crippen molar-refractivity contribution in [3.8, 4) is 5.75 Å². The van der Waals surface area contributed by atoms with Crippen molar-refractivity contribution in [1.82, 2.24) is 0 Å². The zero-order valence-electron chi connectivity index (χ0n) is 10.00. The molecule has 0 aliphatic heterocycles. The molecule has 0 amide bonds. The maximum atomic E-state index is 7.37. The third kappa shape index (κ3) is 4.36. The number of nitrogens with two attached hydrogens (primary N) is 1. The molecule has 1 unspecified atom stereocenters. The SMILES string of the molecule is CCOCC(C)Oc1ccc(C(=N)N)c(Br)c1. The highest BCUT2D eigenvalue weighted by atomic mass is 79.9. The molecule has 0 aliphatic rings. The molecule has 17 heavy (non-hydrogen) atoms. The van der Waals surface area contributed by atoms with E-state index >= 15 is 0 Å². The Morgan fingerprint density at radius 2 is 2.24 bits per heavy atom. The smallest absolute Gasteiger partial charge is 0.123 e. The van der Waals surface area contributed by atoms with E-state index in [1.807, 2.05) is 13.8 Å². The van der Waals surface area contributed by atoms with Crippen LogP contribution in [0, 0.1) is 5.41 Å². The minimum atomic E-state index is -0.00923. The van der Waals surface area contributed by atoms with E-state index in [1.54, 1.807) is 18.2 Å². The largest absolute Gasteiger partial charge is 0.488 e. The van der Waals surface area contributed by atoms with Crippen LogP contribution < -0.4 is 10.5 Å². The van der Waals surface area contributed by atoms with Gasteiger partial charge in [-0.1, -0.05) is 0 Å². The lowest BCUT2D eigenvalue weighted by atomic mass is 10.2. The zero-order chi connectivity index (χ0) is 12.8. The Bertz CT molecular complexity index is 396. The Morgan fingerprint density at radius 3 is 2.76 bits per heavy atom. The molecule has 0 fully saturated rings. The van der Waals surface area contributed by atoms with E-state index in [-0.39, 0.29) is 11.9 Å². The van der Waals surface area contributed by atoms with Crippen molar-refractivity contribution in [3.05, 3.63) is 28.2 Å². The molecule has 0 heterocycles. The summed E-state index contributed by atoms with van der Waals surface area (Å²) in [5.74, 6) is 0.764. The lowest BCUT2D eigenvalue weighted by molar-refractivity contribution is 0.0657. The fourth-order valence-electron chi connectivity index (χ4n) is 1.34. The van der Waals surface area contributed by atoms with Crippen LogP contribution in [-0.2, 0) is 4.74 Å². The maximum Gasteiger partial charge on any atom is 0.123 e. The highest BCUT2D eigenvalue weighted by molar-refractivity contribution is 9.10. The number of benzene rings is 1. The van der Waals surface area contributed by atoms with Gasteiger partial charge in [0.05, 0.1) is 6.61 Å². The monoisotopic (exact) mass is 300 g/mol. The van der Waals surface area contributed by atoms with Gasteiger partial charge < -0.3 is 15.2 Å². The van der Waals surface area contributed by atoms with Crippen LogP contribution in [-0.4, -0.2) is 25.2 Å². The van der Waals surface area contributed by atoms with Gasteiger partial charge in [-0.15, -0.1) is 0 Å². The van der Waals surface area contributed by atoms with Gasteiger partial charge in [0.25, 0.3) is 0 Å². The third-order valence-electron chi connectivity index (χ3n) is 2.12. The van der Waals surface area contributed by atoms with Crippen LogP contribution in [0.3, 0.4) is 0 Å². The third-order valence-corrected chi connectivity index (χ3v) is 2.78. The van der Waals surface area contributed by atoms with Crippen LogP contribution in [0.5, 0.6) is 5.75 Å². The van der Waals surface area contributed by atoms with Crippen LogP contribution in [0.2, 0.25) is 0 Å². The minimum absolute atomic E-state index is 0.00923. The highest BCUT2D eigenvalue weighted by Gasteiger charge is 2.07. The molecule has 0 bridgehead atoms. The van der Waals surface area contributed by atoms with Crippen molar-refractivity contribution < 1.29 is 9.47 Å². The van der Waals surface area contributed by atoms with E-state index in [2.05, 4.69) is 15.9 Å². The lowest BCUT2D eigenvalue weighted by Gasteiger charge is -2.15. The minimum Gasteiger partial charge on any atom is -0.488 e. The molecule has 1 rings (SSSR count). The zero-order valence-corrected chi connectivity index (χ0v) is 11.6. The lowest BCUT2D eigenvalue weighted by Crippen LogP contribution is -2.19. The summed E-state index contributed by atoms with van der Waals surface area (Å²) >= 11 is 3.36. The van der Waals surface area contributed by atoms with Crippen molar-refractivity contribution in [2.75, 3.05) is 13.2 Å². The molecule has 94 valence electrons. The van der Waals surface area contributed by atoms with Gasteiger partial charge in [-0.2, -0.15) is 0 Å². The summed E-state index contributed by atoms with van der Waals surface area (Å²) < 4.78 is 11.7. The number of rotatable bonds is 6. The second-order valence-corrected chi connectivity index (χ2v) is 4.50. The molecule has 0 radical (unpaired) electrons. The Labute approximate surface area is 110 Å². The first-order valence-corrected chi connectivity index (χ1v) is 6.22. The predicted molar refractivity (Wildman–Crippen MR) is 71.7 cm³/mol.